The number of benzene rings is 2. The molecule has 12 nitrogen and oxygen atoms in total. The van der Waals surface area contributed by atoms with Gasteiger partial charge in [0.2, 0.25) is 0 Å². The summed E-state index contributed by atoms with van der Waals surface area (Å²) in [5.74, 6) is -0.253. The van der Waals surface area contributed by atoms with Crippen molar-refractivity contribution < 1.29 is 38.1 Å². The Balaban J connectivity index is 1.16. The molecule has 2 aliphatic heterocycles. The maximum atomic E-state index is 13.5. The fourth-order valence-corrected chi connectivity index (χ4v) is 4.74. The number of hydrogen-bond acceptors (Lipinski definition) is 8. The minimum absolute atomic E-state index is 0.0817. The topological polar surface area (TPSA) is 135 Å². The van der Waals surface area contributed by atoms with Crippen molar-refractivity contribution in [2.45, 2.75) is 25.0 Å². The van der Waals surface area contributed by atoms with E-state index in [4.69, 9.17) is 14.2 Å². The largest absolute Gasteiger partial charge is 0.493 e. The summed E-state index contributed by atoms with van der Waals surface area (Å²) in [5, 5.41) is 17.0. The van der Waals surface area contributed by atoms with Crippen LogP contribution in [0.4, 0.5) is 14.9 Å². The van der Waals surface area contributed by atoms with Crippen molar-refractivity contribution in [1.29, 1.82) is 0 Å². The highest BCUT2D eigenvalue weighted by atomic mass is 19.1. The van der Waals surface area contributed by atoms with Gasteiger partial charge in [0.15, 0.2) is 0 Å². The van der Waals surface area contributed by atoms with Crippen LogP contribution in [0.5, 0.6) is 11.5 Å². The van der Waals surface area contributed by atoms with E-state index in [1.54, 1.807) is 42.3 Å². The van der Waals surface area contributed by atoms with Crippen molar-refractivity contribution >= 4 is 23.5 Å². The van der Waals surface area contributed by atoms with Gasteiger partial charge in [-0.1, -0.05) is 12.1 Å². The first-order chi connectivity index (χ1) is 20.3. The molecule has 1 fully saturated rings. The molecule has 2 atom stereocenters. The van der Waals surface area contributed by atoms with Crippen molar-refractivity contribution in [2.24, 2.45) is 0 Å². The molecule has 0 bridgehead atoms. The zero-order chi connectivity index (χ0) is 29.6. The molecular formula is C29H32FN5O7. The smallest absolute Gasteiger partial charge is 0.342 e. The van der Waals surface area contributed by atoms with Crippen LogP contribution in [0.25, 0.3) is 0 Å². The van der Waals surface area contributed by atoms with E-state index in [1.165, 1.54) is 29.4 Å². The number of nitrogens with zero attached hydrogens (tertiary/aromatic N) is 4. The van der Waals surface area contributed by atoms with Gasteiger partial charge in [-0.05, 0) is 35.4 Å². The summed E-state index contributed by atoms with van der Waals surface area (Å²) in [6.45, 7) is 1.77. The Morgan fingerprint density at radius 1 is 1.19 bits per heavy atom. The van der Waals surface area contributed by atoms with Crippen LogP contribution >= 0.6 is 0 Å². The van der Waals surface area contributed by atoms with E-state index in [1.807, 2.05) is 0 Å². The predicted octanol–water partition coefficient (Wildman–Crippen LogP) is 1.58. The highest BCUT2D eigenvalue weighted by molar-refractivity contribution is 6.00. The summed E-state index contributed by atoms with van der Waals surface area (Å²) >= 11 is 0. The predicted molar refractivity (Wildman–Crippen MR) is 148 cm³/mol. The van der Waals surface area contributed by atoms with Gasteiger partial charge in [0.1, 0.15) is 36.1 Å². The number of hydrogen-bond donors (Lipinski definition) is 2. The zero-order valence-electron chi connectivity index (χ0n) is 23.1. The number of morpholine rings is 1. The van der Waals surface area contributed by atoms with E-state index in [-0.39, 0.29) is 31.4 Å². The molecule has 5 rings (SSSR count). The number of likely N-dealkylation sites (N-methyl/N-ethyl adjacent to an activating group) is 1. The first-order valence-corrected chi connectivity index (χ1v) is 13.6. The first-order valence-electron chi connectivity index (χ1n) is 13.6. The molecule has 0 spiro atoms. The van der Waals surface area contributed by atoms with E-state index < -0.39 is 24.1 Å². The van der Waals surface area contributed by atoms with Crippen LogP contribution in [0.15, 0.2) is 54.9 Å². The lowest BCUT2D eigenvalue weighted by Crippen LogP contribution is -2.50. The summed E-state index contributed by atoms with van der Waals surface area (Å²) in [5.41, 5.74) is 1.88. The number of aromatic nitrogens is 2. The lowest BCUT2D eigenvalue weighted by Gasteiger charge is -2.28. The van der Waals surface area contributed by atoms with Crippen molar-refractivity contribution in [2.75, 3.05) is 51.5 Å². The zero-order valence-corrected chi connectivity index (χ0v) is 23.1. The molecule has 222 valence electrons. The second-order valence-electron chi connectivity index (χ2n) is 10.0. The number of fused-ring (bicyclic) bond motifs is 1. The monoisotopic (exact) mass is 581 g/mol. The lowest BCUT2D eigenvalue weighted by molar-refractivity contribution is -0.144. The Kier molecular flexibility index (Phi) is 8.98. The minimum atomic E-state index is -1.19. The fourth-order valence-electron chi connectivity index (χ4n) is 4.74. The average molecular weight is 582 g/mol. The number of amides is 3. The maximum Gasteiger partial charge on any atom is 0.342 e. The second kappa shape index (κ2) is 13.0. The number of ether oxygens (including phenoxy) is 3. The van der Waals surface area contributed by atoms with E-state index in [2.05, 4.69) is 10.4 Å². The Bertz CT molecular complexity index is 1440. The van der Waals surface area contributed by atoms with Gasteiger partial charge in [0.05, 0.1) is 31.7 Å². The third-order valence-electron chi connectivity index (χ3n) is 7.03. The number of aliphatic hydroxyl groups excluding tert-OH is 1. The average Bonchev–Trinajstić information content (AvgIpc) is 3.43. The van der Waals surface area contributed by atoms with E-state index in [9.17, 15) is 23.9 Å². The third-order valence-corrected chi connectivity index (χ3v) is 7.03. The van der Waals surface area contributed by atoms with Gasteiger partial charge in [-0.15, -0.1) is 0 Å². The third kappa shape index (κ3) is 6.86. The summed E-state index contributed by atoms with van der Waals surface area (Å²) in [4.78, 5) is 41.4. The van der Waals surface area contributed by atoms with E-state index in [0.717, 1.165) is 10.2 Å². The Labute approximate surface area is 241 Å². The van der Waals surface area contributed by atoms with Crippen molar-refractivity contribution in [3.8, 4) is 11.5 Å². The van der Waals surface area contributed by atoms with Crippen LogP contribution in [-0.4, -0.2) is 96.3 Å². The number of aliphatic hydroxyl groups is 1. The van der Waals surface area contributed by atoms with E-state index >= 15 is 0 Å². The fraction of sp³-hybridized carbons (Fsp3) is 0.379. The van der Waals surface area contributed by atoms with Crippen molar-refractivity contribution in [3.63, 3.8) is 0 Å². The molecule has 3 amide bonds. The Hall–Kier alpha value is -4.49. The molecule has 0 unspecified atom stereocenters. The van der Waals surface area contributed by atoms with Crippen LogP contribution in [0, 0.1) is 5.82 Å². The number of anilines is 1. The van der Waals surface area contributed by atoms with Gasteiger partial charge in [-0.2, -0.15) is 9.78 Å². The second-order valence-corrected chi connectivity index (χ2v) is 10.0. The molecular weight excluding hydrogens is 549 g/mol. The standard InChI is InChI=1S/C29H32FN5O7/c1-33-24-15-22(41-10-7-25(36)28(38)34-8-11-40-12-9-34)5-6-26(24)42-18-23(27(33)37)32-29(39)35-17-20(16-31-35)13-19-3-2-4-21(30)14-19/h2-6,14-17,23,25,36H,7-13,18H2,1H3,(H,32,39)/t23-,25+/m0/s1. The van der Waals surface area contributed by atoms with Gasteiger partial charge >= 0.3 is 6.03 Å². The minimum Gasteiger partial charge on any atom is -0.493 e. The van der Waals surface area contributed by atoms with Gasteiger partial charge < -0.3 is 34.4 Å². The number of nitrogens with one attached hydrogen (secondary N) is 1. The highest BCUT2D eigenvalue weighted by Gasteiger charge is 2.31. The number of halogens is 1. The SMILES string of the molecule is CN1C(=O)[C@@H](NC(=O)n2cc(Cc3cccc(F)c3)cn2)COc2ccc(OCC[C@@H](O)C(=O)N3CCOCC3)cc21. The van der Waals surface area contributed by atoms with Gasteiger partial charge in [-0.25, -0.2) is 9.18 Å². The van der Waals surface area contributed by atoms with Crippen molar-refractivity contribution in [1.82, 2.24) is 20.0 Å². The van der Waals surface area contributed by atoms with Gasteiger partial charge in [0, 0.05) is 45.2 Å². The first kappa shape index (κ1) is 29.0. The van der Waals surface area contributed by atoms with Gasteiger partial charge in [-0.3, -0.25) is 9.59 Å². The Morgan fingerprint density at radius 2 is 2.00 bits per heavy atom. The summed E-state index contributed by atoms with van der Waals surface area (Å²) in [6.07, 6.45) is 2.34. The van der Waals surface area contributed by atoms with Gasteiger partial charge in [0.25, 0.3) is 11.8 Å². The Morgan fingerprint density at radius 3 is 2.79 bits per heavy atom. The summed E-state index contributed by atoms with van der Waals surface area (Å²) in [6, 6.07) is 9.51. The molecule has 0 aliphatic carbocycles. The molecule has 2 aliphatic rings. The van der Waals surface area contributed by atoms with Crippen LogP contribution in [-0.2, 0) is 20.7 Å². The molecule has 3 heterocycles. The lowest BCUT2D eigenvalue weighted by atomic mass is 10.1. The van der Waals surface area contributed by atoms with Crippen LogP contribution in [0.1, 0.15) is 17.5 Å². The molecule has 2 aromatic carbocycles. The molecule has 0 radical (unpaired) electrons. The summed E-state index contributed by atoms with van der Waals surface area (Å²) < 4.78 is 31.4. The van der Waals surface area contributed by atoms with Crippen LogP contribution in [0.3, 0.4) is 0 Å². The quantitative estimate of drug-likeness (QED) is 0.410. The van der Waals surface area contributed by atoms with Crippen molar-refractivity contribution in [3.05, 3.63) is 71.8 Å². The number of carbonyl (C=O) groups excluding carboxylic acids is 3. The van der Waals surface area contributed by atoms with E-state index in [0.29, 0.717) is 55.5 Å². The number of carbonyl (C=O) groups is 3. The molecule has 42 heavy (non-hydrogen) atoms. The van der Waals surface area contributed by atoms with Crippen LogP contribution in [0.2, 0.25) is 0 Å². The number of rotatable bonds is 8. The molecule has 13 heteroatoms. The molecule has 3 aromatic rings. The molecule has 0 saturated carbocycles. The molecule has 2 N–H and O–H groups in total. The van der Waals surface area contributed by atoms with Crippen LogP contribution < -0.4 is 19.7 Å². The maximum absolute atomic E-state index is 13.5. The molecule has 1 aromatic heterocycles. The molecule has 1 saturated heterocycles. The highest BCUT2D eigenvalue weighted by Crippen LogP contribution is 2.34. The normalized spacial score (nSPS) is 17.6. The summed E-state index contributed by atoms with van der Waals surface area (Å²) in [7, 11) is 1.56.